The maximum Gasteiger partial charge on any atom is 0.315 e. The Bertz CT molecular complexity index is 516. The van der Waals surface area contributed by atoms with Gasteiger partial charge in [0.1, 0.15) is 0 Å². The number of halogens is 1. The normalized spacial score (nSPS) is 27.6. The highest BCUT2D eigenvalue weighted by molar-refractivity contribution is 9.10. The molecule has 1 aromatic rings. The van der Waals surface area contributed by atoms with Crippen molar-refractivity contribution in [3.05, 3.63) is 34.3 Å². The van der Waals surface area contributed by atoms with Crippen molar-refractivity contribution < 1.29 is 4.79 Å². The van der Waals surface area contributed by atoms with Crippen LogP contribution in [0.1, 0.15) is 38.2 Å². The first-order valence-electron chi connectivity index (χ1n) is 8.40. The fraction of sp³-hybridized carbons (Fsp3) is 0.611. The van der Waals surface area contributed by atoms with E-state index in [4.69, 9.17) is 0 Å². The number of benzene rings is 1. The number of nitrogens with one attached hydrogen (secondary N) is 2. The number of amides is 2. The number of hydrogen-bond acceptors (Lipinski definition) is 1. The van der Waals surface area contributed by atoms with Gasteiger partial charge >= 0.3 is 6.03 Å². The molecule has 0 aliphatic heterocycles. The van der Waals surface area contributed by atoms with Crippen LogP contribution in [-0.4, -0.2) is 18.6 Å². The van der Waals surface area contributed by atoms with E-state index in [0.717, 1.165) is 22.7 Å². The zero-order valence-electron chi connectivity index (χ0n) is 13.1. The lowest BCUT2D eigenvalue weighted by Crippen LogP contribution is -2.45. The van der Waals surface area contributed by atoms with Crippen LogP contribution < -0.4 is 10.6 Å². The van der Waals surface area contributed by atoms with Crippen molar-refractivity contribution in [2.24, 2.45) is 17.8 Å². The van der Waals surface area contributed by atoms with E-state index in [0.29, 0.717) is 18.5 Å². The van der Waals surface area contributed by atoms with E-state index >= 15 is 0 Å². The van der Waals surface area contributed by atoms with Gasteiger partial charge in [0.05, 0.1) is 0 Å². The van der Waals surface area contributed by atoms with Gasteiger partial charge in [-0.05, 0) is 68.1 Å². The van der Waals surface area contributed by atoms with Gasteiger partial charge in [-0.25, -0.2) is 4.79 Å². The second-order valence-corrected chi connectivity index (χ2v) is 7.82. The molecule has 0 spiro atoms. The van der Waals surface area contributed by atoms with Crippen LogP contribution in [0.3, 0.4) is 0 Å². The summed E-state index contributed by atoms with van der Waals surface area (Å²) in [4.78, 5) is 12.0. The fourth-order valence-corrected chi connectivity index (χ4v) is 4.51. The van der Waals surface area contributed by atoms with Crippen molar-refractivity contribution in [2.45, 2.75) is 45.1 Å². The van der Waals surface area contributed by atoms with Crippen molar-refractivity contribution in [3.8, 4) is 0 Å². The van der Waals surface area contributed by atoms with Crippen LogP contribution in [-0.2, 0) is 6.42 Å². The first-order chi connectivity index (χ1) is 10.6. The molecule has 2 fully saturated rings. The average molecular weight is 365 g/mol. The Morgan fingerprint density at radius 3 is 2.68 bits per heavy atom. The third-order valence-electron chi connectivity index (χ3n) is 5.41. The first kappa shape index (κ1) is 15.9. The van der Waals surface area contributed by atoms with Gasteiger partial charge in [-0.15, -0.1) is 0 Å². The summed E-state index contributed by atoms with van der Waals surface area (Å²) >= 11 is 3.43. The van der Waals surface area contributed by atoms with Crippen LogP contribution in [0.2, 0.25) is 0 Å². The second kappa shape index (κ2) is 7.03. The summed E-state index contributed by atoms with van der Waals surface area (Å²) in [6, 6.07) is 8.51. The molecule has 0 saturated heterocycles. The minimum atomic E-state index is -0.0209. The Kier molecular flexibility index (Phi) is 5.07. The van der Waals surface area contributed by atoms with Crippen LogP contribution in [0, 0.1) is 17.8 Å². The molecule has 22 heavy (non-hydrogen) atoms. The van der Waals surface area contributed by atoms with Gasteiger partial charge < -0.3 is 10.6 Å². The van der Waals surface area contributed by atoms with E-state index in [2.05, 4.69) is 45.6 Å². The molecule has 4 atom stereocenters. The van der Waals surface area contributed by atoms with Gasteiger partial charge in [-0.3, -0.25) is 0 Å². The van der Waals surface area contributed by atoms with Crippen LogP contribution >= 0.6 is 15.9 Å². The van der Waals surface area contributed by atoms with Crippen LogP contribution in [0.25, 0.3) is 0 Å². The van der Waals surface area contributed by atoms with E-state index < -0.39 is 0 Å². The molecule has 2 bridgehead atoms. The van der Waals surface area contributed by atoms with Crippen molar-refractivity contribution in [3.63, 3.8) is 0 Å². The summed E-state index contributed by atoms with van der Waals surface area (Å²) in [6.45, 7) is 2.84. The highest BCUT2D eigenvalue weighted by Crippen LogP contribution is 2.49. The molecule has 2 aliphatic rings. The highest BCUT2D eigenvalue weighted by Gasteiger charge is 2.42. The van der Waals surface area contributed by atoms with Crippen LogP contribution in [0.5, 0.6) is 0 Å². The zero-order valence-corrected chi connectivity index (χ0v) is 14.7. The maximum absolute atomic E-state index is 12.0. The molecular formula is C18H25BrN2O. The average Bonchev–Trinajstić information content (AvgIpc) is 3.12. The third kappa shape index (κ3) is 3.83. The zero-order chi connectivity index (χ0) is 15.5. The first-order valence-corrected chi connectivity index (χ1v) is 9.20. The molecular weight excluding hydrogens is 340 g/mol. The molecule has 4 unspecified atom stereocenters. The third-order valence-corrected chi connectivity index (χ3v) is 5.93. The number of urea groups is 1. The van der Waals surface area contributed by atoms with Crippen molar-refractivity contribution >= 4 is 22.0 Å². The van der Waals surface area contributed by atoms with E-state index in [-0.39, 0.29) is 6.03 Å². The predicted octanol–water partition coefficient (Wildman–Crippen LogP) is 4.12. The lowest BCUT2D eigenvalue weighted by atomic mass is 9.84. The standard InChI is InChI=1S/C18H25BrN2O/c1-12(17-11-14-2-5-15(17)10-14)21-18(22)20-9-8-13-3-6-16(19)7-4-13/h3-4,6-7,12,14-15,17H,2,5,8-11H2,1H3,(H2,20,21,22). The SMILES string of the molecule is CC(NC(=O)NCCc1ccc(Br)cc1)C1CC2CCC1C2. The predicted molar refractivity (Wildman–Crippen MR) is 92.8 cm³/mol. The molecule has 120 valence electrons. The quantitative estimate of drug-likeness (QED) is 0.810. The minimum absolute atomic E-state index is 0.0209. The van der Waals surface area contributed by atoms with E-state index in [1.807, 2.05) is 12.1 Å². The Hall–Kier alpha value is -1.03. The molecule has 2 aliphatic carbocycles. The van der Waals surface area contributed by atoms with Crippen molar-refractivity contribution in [2.75, 3.05) is 6.54 Å². The number of fused-ring (bicyclic) bond motifs is 2. The van der Waals surface area contributed by atoms with E-state index in [9.17, 15) is 4.79 Å². The largest absolute Gasteiger partial charge is 0.338 e. The number of hydrogen-bond donors (Lipinski definition) is 2. The number of carbonyl (C=O) groups is 1. The molecule has 4 heteroatoms. The molecule has 2 saturated carbocycles. The van der Waals surface area contributed by atoms with Gasteiger partial charge in [-0.1, -0.05) is 34.5 Å². The molecule has 3 rings (SSSR count). The van der Waals surface area contributed by atoms with Gasteiger partial charge in [0, 0.05) is 17.1 Å². The topological polar surface area (TPSA) is 41.1 Å². The maximum atomic E-state index is 12.0. The number of rotatable bonds is 5. The van der Waals surface area contributed by atoms with E-state index in [1.54, 1.807) is 0 Å². The molecule has 3 nitrogen and oxygen atoms in total. The summed E-state index contributed by atoms with van der Waals surface area (Å²) in [7, 11) is 0. The highest BCUT2D eigenvalue weighted by atomic mass is 79.9. The Labute approximate surface area is 141 Å². The summed E-state index contributed by atoms with van der Waals surface area (Å²) in [5, 5.41) is 6.13. The molecule has 1 aromatic carbocycles. The molecule has 0 aromatic heterocycles. The Morgan fingerprint density at radius 2 is 2.05 bits per heavy atom. The van der Waals surface area contributed by atoms with Gasteiger partial charge in [-0.2, -0.15) is 0 Å². The second-order valence-electron chi connectivity index (χ2n) is 6.90. The molecule has 0 radical (unpaired) electrons. The summed E-state index contributed by atoms with van der Waals surface area (Å²) in [5.74, 6) is 2.47. The Morgan fingerprint density at radius 1 is 1.27 bits per heavy atom. The summed E-state index contributed by atoms with van der Waals surface area (Å²) < 4.78 is 1.08. The van der Waals surface area contributed by atoms with Crippen LogP contribution in [0.4, 0.5) is 4.79 Å². The molecule has 2 N–H and O–H groups in total. The monoisotopic (exact) mass is 364 g/mol. The van der Waals surface area contributed by atoms with Gasteiger partial charge in [0.2, 0.25) is 0 Å². The van der Waals surface area contributed by atoms with Crippen molar-refractivity contribution in [1.29, 1.82) is 0 Å². The Balaban J connectivity index is 1.38. The molecule has 0 heterocycles. The fourth-order valence-electron chi connectivity index (χ4n) is 4.24. The van der Waals surface area contributed by atoms with Gasteiger partial charge in [0.15, 0.2) is 0 Å². The van der Waals surface area contributed by atoms with Crippen LogP contribution in [0.15, 0.2) is 28.7 Å². The lowest BCUT2D eigenvalue weighted by molar-refractivity contribution is 0.220. The van der Waals surface area contributed by atoms with E-state index in [1.165, 1.54) is 31.2 Å². The summed E-state index contributed by atoms with van der Waals surface area (Å²) in [5.41, 5.74) is 1.24. The van der Waals surface area contributed by atoms with Crippen molar-refractivity contribution in [1.82, 2.24) is 10.6 Å². The lowest BCUT2D eigenvalue weighted by Gasteiger charge is -2.28. The smallest absolute Gasteiger partial charge is 0.315 e. The van der Waals surface area contributed by atoms with Gasteiger partial charge in [0.25, 0.3) is 0 Å². The molecule has 2 amide bonds. The number of carbonyl (C=O) groups excluding carboxylic acids is 1. The summed E-state index contributed by atoms with van der Waals surface area (Å²) in [6.07, 6.45) is 6.34. The minimum Gasteiger partial charge on any atom is -0.338 e.